The molecule has 1 rings (SSSR count). The zero-order valence-corrected chi connectivity index (χ0v) is 9.89. The van der Waals surface area contributed by atoms with E-state index in [0.717, 1.165) is 0 Å². The third kappa shape index (κ3) is 6.52. The van der Waals surface area contributed by atoms with Crippen molar-refractivity contribution in [2.75, 3.05) is 0 Å². The molecule has 0 saturated heterocycles. The van der Waals surface area contributed by atoms with Crippen LogP contribution in [-0.2, 0) is 0 Å². The molecule has 0 heterocycles. The summed E-state index contributed by atoms with van der Waals surface area (Å²) in [5.74, 6) is 0. The normalized spacial score (nSPS) is 13.9. The van der Waals surface area contributed by atoms with Gasteiger partial charge in [-0.15, -0.1) is 0 Å². The van der Waals surface area contributed by atoms with Gasteiger partial charge in [-0.1, -0.05) is 62.8 Å². The Kier molecular flexibility index (Phi) is 9.68. The molecule has 0 fully saturated rings. The van der Waals surface area contributed by atoms with Gasteiger partial charge in [0.1, 0.15) is 0 Å². The molecular formula is C13H22Li. The first kappa shape index (κ1) is 14.1. The van der Waals surface area contributed by atoms with Crippen molar-refractivity contribution in [2.45, 2.75) is 58.3 Å². The van der Waals surface area contributed by atoms with Crippen LogP contribution in [0.2, 0.25) is 0 Å². The van der Waals surface area contributed by atoms with Crippen LogP contribution < -0.4 is 0 Å². The molecule has 14 heavy (non-hydrogen) atoms. The Balaban J connectivity index is 0.00000169. The standard InChI is InChI=1S/C13H22.Li/c1-2-3-4-5-6-7-10-13-11-8-9-12-13;/h8-9,11H,2-7,10,12H2,1H3;. The Bertz CT molecular complexity index is 180. The zero-order chi connectivity index (χ0) is 9.36. The van der Waals surface area contributed by atoms with Gasteiger partial charge >= 0.3 is 0 Å². The SMILES string of the molecule is CCCCCCCCC1=CC=CC1.[Li]. The summed E-state index contributed by atoms with van der Waals surface area (Å²) in [6, 6.07) is 0. The Labute approximate surface area is 101 Å². The molecule has 1 heteroatoms. The largest absolute Gasteiger partial charge is 0.0805 e. The van der Waals surface area contributed by atoms with E-state index in [1.807, 2.05) is 0 Å². The van der Waals surface area contributed by atoms with E-state index in [1.165, 1.54) is 51.4 Å². The van der Waals surface area contributed by atoms with Crippen LogP contribution in [0.3, 0.4) is 0 Å². The maximum Gasteiger partial charge on any atom is 0 e. The molecule has 0 spiro atoms. The zero-order valence-electron chi connectivity index (χ0n) is 9.89. The average Bonchev–Trinajstić information content (AvgIpc) is 2.63. The predicted octanol–water partition coefficient (Wildman–Crippen LogP) is 4.24. The third-order valence-electron chi connectivity index (χ3n) is 2.70. The molecule has 0 bridgehead atoms. The second-order valence-corrected chi connectivity index (χ2v) is 3.97. The minimum atomic E-state index is 0. The number of unbranched alkanes of at least 4 members (excludes halogenated alkanes) is 5. The summed E-state index contributed by atoms with van der Waals surface area (Å²) in [5.41, 5.74) is 1.63. The maximum absolute atomic E-state index is 2.28. The van der Waals surface area contributed by atoms with Crippen LogP contribution in [0.5, 0.6) is 0 Å². The summed E-state index contributed by atoms with van der Waals surface area (Å²) in [7, 11) is 0. The smallest absolute Gasteiger partial charge is 0 e. The molecule has 1 aliphatic carbocycles. The third-order valence-corrected chi connectivity index (χ3v) is 2.70. The van der Waals surface area contributed by atoms with Gasteiger partial charge in [-0.05, 0) is 19.3 Å². The van der Waals surface area contributed by atoms with E-state index in [1.54, 1.807) is 5.57 Å². The monoisotopic (exact) mass is 185 g/mol. The van der Waals surface area contributed by atoms with E-state index in [4.69, 9.17) is 0 Å². The van der Waals surface area contributed by atoms with E-state index in [2.05, 4.69) is 25.2 Å². The van der Waals surface area contributed by atoms with Gasteiger partial charge in [-0.25, -0.2) is 0 Å². The Hall–Kier alpha value is 0.0774. The quantitative estimate of drug-likeness (QED) is 0.411. The molecule has 0 saturated carbocycles. The fourth-order valence-corrected chi connectivity index (χ4v) is 1.81. The summed E-state index contributed by atoms with van der Waals surface area (Å²) in [6.07, 6.45) is 17.8. The molecule has 0 amide bonds. The summed E-state index contributed by atoms with van der Waals surface area (Å²) in [4.78, 5) is 0. The number of rotatable bonds is 7. The Morgan fingerprint density at radius 1 is 1.07 bits per heavy atom. The molecule has 0 nitrogen and oxygen atoms in total. The molecule has 0 aromatic heterocycles. The Morgan fingerprint density at radius 2 is 1.79 bits per heavy atom. The predicted molar refractivity (Wildman–Crippen MR) is 65.6 cm³/mol. The minimum absolute atomic E-state index is 0. The number of hydrogen-bond donors (Lipinski definition) is 0. The van der Waals surface area contributed by atoms with Crippen LogP contribution in [-0.4, -0.2) is 18.9 Å². The molecule has 0 aromatic carbocycles. The van der Waals surface area contributed by atoms with Gasteiger partial charge in [0.2, 0.25) is 0 Å². The first-order chi connectivity index (χ1) is 6.43. The maximum atomic E-state index is 2.28. The summed E-state index contributed by atoms with van der Waals surface area (Å²) in [6.45, 7) is 2.27. The van der Waals surface area contributed by atoms with E-state index >= 15 is 0 Å². The van der Waals surface area contributed by atoms with Crippen LogP contribution >= 0.6 is 0 Å². The van der Waals surface area contributed by atoms with Crippen molar-refractivity contribution < 1.29 is 0 Å². The van der Waals surface area contributed by atoms with Crippen LogP contribution in [0.15, 0.2) is 23.8 Å². The van der Waals surface area contributed by atoms with Gasteiger partial charge < -0.3 is 0 Å². The van der Waals surface area contributed by atoms with Crippen molar-refractivity contribution in [3.8, 4) is 0 Å². The van der Waals surface area contributed by atoms with E-state index in [-0.39, 0.29) is 18.9 Å². The van der Waals surface area contributed by atoms with Crippen molar-refractivity contribution in [1.29, 1.82) is 0 Å². The fourth-order valence-electron chi connectivity index (χ4n) is 1.81. The van der Waals surface area contributed by atoms with Gasteiger partial charge in [0, 0.05) is 18.9 Å². The summed E-state index contributed by atoms with van der Waals surface area (Å²) < 4.78 is 0. The average molecular weight is 185 g/mol. The Morgan fingerprint density at radius 3 is 2.43 bits per heavy atom. The van der Waals surface area contributed by atoms with Crippen molar-refractivity contribution in [3.05, 3.63) is 23.8 Å². The van der Waals surface area contributed by atoms with Gasteiger partial charge in [0.05, 0.1) is 0 Å². The second-order valence-electron chi connectivity index (χ2n) is 3.97. The van der Waals surface area contributed by atoms with Crippen LogP contribution in [0.1, 0.15) is 58.3 Å². The van der Waals surface area contributed by atoms with E-state index in [9.17, 15) is 0 Å². The molecule has 0 aliphatic heterocycles. The minimum Gasteiger partial charge on any atom is -0.0805 e. The first-order valence-electron chi connectivity index (χ1n) is 5.78. The molecule has 1 radical (unpaired) electrons. The topological polar surface area (TPSA) is 0 Å². The summed E-state index contributed by atoms with van der Waals surface area (Å²) in [5, 5.41) is 0. The molecule has 1 aliphatic rings. The van der Waals surface area contributed by atoms with Crippen molar-refractivity contribution in [1.82, 2.24) is 0 Å². The fraction of sp³-hybridized carbons (Fsp3) is 0.692. The van der Waals surface area contributed by atoms with Crippen LogP contribution in [0.25, 0.3) is 0 Å². The van der Waals surface area contributed by atoms with Crippen LogP contribution in [0.4, 0.5) is 0 Å². The van der Waals surface area contributed by atoms with E-state index < -0.39 is 0 Å². The van der Waals surface area contributed by atoms with Crippen molar-refractivity contribution in [3.63, 3.8) is 0 Å². The van der Waals surface area contributed by atoms with Gasteiger partial charge in [0.15, 0.2) is 0 Å². The molecule has 0 unspecified atom stereocenters. The number of hydrogen-bond acceptors (Lipinski definition) is 0. The van der Waals surface area contributed by atoms with Crippen molar-refractivity contribution in [2.24, 2.45) is 0 Å². The van der Waals surface area contributed by atoms with Gasteiger partial charge in [-0.2, -0.15) is 0 Å². The van der Waals surface area contributed by atoms with E-state index in [0.29, 0.717) is 0 Å². The second kappa shape index (κ2) is 9.63. The van der Waals surface area contributed by atoms with Crippen molar-refractivity contribution >= 4 is 18.9 Å². The molecule has 0 atom stereocenters. The number of allylic oxidation sites excluding steroid dienone is 4. The summed E-state index contributed by atoms with van der Waals surface area (Å²) >= 11 is 0. The van der Waals surface area contributed by atoms with Crippen LogP contribution in [0, 0.1) is 0 Å². The molecule has 0 aromatic rings. The van der Waals surface area contributed by atoms with Gasteiger partial charge in [0.25, 0.3) is 0 Å². The molecule has 75 valence electrons. The molecular weight excluding hydrogens is 163 g/mol. The van der Waals surface area contributed by atoms with Gasteiger partial charge in [-0.3, -0.25) is 0 Å². The first-order valence-corrected chi connectivity index (χ1v) is 5.78. The molecule has 0 N–H and O–H groups in total.